The van der Waals surface area contributed by atoms with Gasteiger partial charge in [0.25, 0.3) is 0 Å². The molecule has 10 heteroatoms. The zero-order valence-electron chi connectivity index (χ0n) is 25.2. The van der Waals surface area contributed by atoms with Gasteiger partial charge in [-0.15, -0.1) is 6.58 Å². The van der Waals surface area contributed by atoms with Crippen molar-refractivity contribution in [2.24, 2.45) is 5.92 Å². The maximum Gasteiger partial charge on any atom is 0.240 e. The monoisotopic (exact) mass is 610 g/mol. The Morgan fingerprint density at radius 2 is 1.63 bits per heavy atom. The van der Waals surface area contributed by atoms with Crippen molar-refractivity contribution in [3.05, 3.63) is 78.4 Å². The molecule has 0 bridgehead atoms. The van der Waals surface area contributed by atoms with Gasteiger partial charge in [-0.2, -0.15) is 5.06 Å². The molecule has 1 atom stereocenters. The third-order valence-corrected chi connectivity index (χ3v) is 10.3. The molecule has 1 aliphatic carbocycles. The summed E-state index contributed by atoms with van der Waals surface area (Å²) < 4.78 is 25.7. The molecule has 3 aliphatic rings. The molecule has 1 saturated carbocycles. The molecule has 0 aromatic heterocycles. The summed E-state index contributed by atoms with van der Waals surface area (Å²) in [6.07, 6.45) is 9.18. The Bertz CT molecular complexity index is 1300. The number of hydrogen-bond acceptors (Lipinski definition) is 6. The number of nitrogens with one attached hydrogen (secondary N) is 1. The zero-order valence-corrected chi connectivity index (χ0v) is 26.1. The van der Waals surface area contributed by atoms with Gasteiger partial charge >= 0.3 is 0 Å². The second-order valence-electron chi connectivity index (χ2n) is 11.7. The molecule has 43 heavy (non-hydrogen) atoms. The van der Waals surface area contributed by atoms with Crippen LogP contribution in [0, 0.1) is 5.92 Å². The van der Waals surface area contributed by atoms with Crippen LogP contribution < -0.4 is 4.72 Å². The van der Waals surface area contributed by atoms with Gasteiger partial charge in [0.05, 0.1) is 11.3 Å². The summed E-state index contributed by atoms with van der Waals surface area (Å²) in [7, 11) is -2.12. The van der Waals surface area contributed by atoms with E-state index in [0.29, 0.717) is 37.4 Å². The molecule has 0 radical (unpaired) electrons. The van der Waals surface area contributed by atoms with Crippen LogP contribution in [0.5, 0.6) is 0 Å². The summed E-state index contributed by atoms with van der Waals surface area (Å²) in [5.41, 5.74) is 2.15. The van der Waals surface area contributed by atoms with Gasteiger partial charge in [0, 0.05) is 50.6 Å². The quantitative estimate of drug-likeness (QED) is 0.412. The van der Waals surface area contributed by atoms with Crippen molar-refractivity contribution in [3.63, 3.8) is 0 Å². The Kier molecular flexibility index (Phi) is 11.9. The molecule has 9 nitrogen and oxygen atoms in total. The minimum absolute atomic E-state index is 0.0273. The van der Waals surface area contributed by atoms with Crippen LogP contribution in [0.1, 0.15) is 62.0 Å². The van der Waals surface area contributed by atoms with E-state index in [1.165, 1.54) is 42.6 Å². The highest BCUT2D eigenvalue weighted by Crippen LogP contribution is 2.32. The van der Waals surface area contributed by atoms with Gasteiger partial charge in [0.2, 0.25) is 21.8 Å². The number of piperidine rings is 1. The zero-order chi connectivity index (χ0) is 30.8. The molecule has 5 rings (SSSR count). The Labute approximate surface area is 256 Å². The summed E-state index contributed by atoms with van der Waals surface area (Å²) in [6, 6.07) is 17.0. The number of amides is 2. The summed E-state index contributed by atoms with van der Waals surface area (Å²) in [5.74, 6) is 1.28. The minimum Gasteiger partial charge on any atom is -0.342 e. The largest absolute Gasteiger partial charge is 0.342 e. The fourth-order valence-electron chi connectivity index (χ4n) is 6.33. The van der Waals surface area contributed by atoms with Gasteiger partial charge in [0.15, 0.2) is 0 Å². The first-order valence-electron chi connectivity index (χ1n) is 15.4. The predicted octanol–water partition coefficient (Wildman–Crippen LogP) is 4.20. The standard InChI is InChI=1S/C17H25N3O4S.C16H21NO/c1-3-10-20(15-8-11-19(22)12-9-15)17(21)13-14-4-6-16(7-5-14)25(23,24)18-2;18-16(14-8-4-5-9-14)17-11-10-15(12-17)13-6-2-1-3-7-13/h3-7,15,18,22H,1,8-13H2,2H3;1-3,6-7,14-15H,4-5,8-12H2. The van der Waals surface area contributed by atoms with Crippen LogP contribution in [0.15, 0.2) is 72.1 Å². The number of hydroxylamine groups is 2. The summed E-state index contributed by atoms with van der Waals surface area (Å²) in [4.78, 5) is 29.1. The van der Waals surface area contributed by atoms with Gasteiger partial charge in [-0.1, -0.05) is 61.4 Å². The molecule has 2 heterocycles. The molecule has 2 amide bonds. The molecule has 2 N–H and O–H groups in total. The number of carbonyl (C=O) groups is 2. The van der Waals surface area contributed by atoms with Crippen LogP contribution in [-0.4, -0.2) is 86.1 Å². The molecule has 3 fully saturated rings. The molecule has 1 unspecified atom stereocenters. The molecular weight excluding hydrogens is 564 g/mol. The van der Waals surface area contributed by atoms with Gasteiger partial charge in [-0.3, -0.25) is 9.59 Å². The molecule has 234 valence electrons. The van der Waals surface area contributed by atoms with Crippen molar-refractivity contribution in [1.82, 2.24) is 19.6 Å². The summed E-state index contributed by atoms with van der Waals surface area (Å²) >= 11 is 0. The molecular formula is C33H46N4O5S. The number of rotatable bonds is 9. The highest BCUT2D eigenvalue weighted by molar-refractivity contribution is 7.89. The third-order valence-electron chi connectivity index (χ3n) is 8.86. The number of hydrogen-bond donors (Lipinski definition) is 2. The van der Waals surface area contributed by atoms with Crippen LogP contribution in [0.2, 0.25) is 0 Å². The van der Waals surface area contributed by atoms with Gasteiger partial charge in [-0.25, -0.2) is 13.1 Å². The highest BCUT2D eigenvalue weighted by atomic mass is 32.2. The lowest BCUT2D eigenvalue weighted by Crippen LogP contribution is -2.47. The van der Waals surface area contributed by atoms with E-state index in [4.69, 9.17) is 0 Å². The maximum atomic E-state index is 12.7. The van der Waals surface area contributed by atoms with E-state index >= 15 is 0 Å². The van der Waals surface area contributed by atoms with E-state index in [9.17, 15) is 23.2 Å². The first-order chi connectivity index (χ1) is 20.7. The second kappa shape index (κ2) is 15.6. The lowest BCUT2D eigenvalue weighted by Gasteiger charge is -2.36. The van der Waals surface area contributed by atoms with Crippen molar-refractivity contribution >= 4 is 21.8 Å². The Morgan fingerprint density at radius 3 is 2.23 bits per heavy atom. The van der Waals surface area contributed by atoms with Crippen LogP contribution >= 0.6 is 0 Å². The van der Waals surface area contributed by atoms with Crippen LogP contribution in [-0.2, 0) is 26.0 Å². The van der Waals surface area contributed by atoms with Gasteiger partial charge in [-0.05, 0) is 62.4 Å². The van der Waals surface area contributed by atoms with Crippen molar-refractivity contribution in [2.45, 2.75) is 68.2 Å². The van der Waals surface area contributed by atoms with E-state index in [1.54, 1.807) is 23.1 Å². The normalized spacial score (nSPS) is 20.0. The van der Waals surface area contributed by atoms with E-state index in [-0.39, 0.29) is 23.3 Å². The van der Waals surface area contributed by atoms with E-state index < -0.39 is 10.0 Å². The van der Waals surface area contributed by atoms with Gasteiger partial charge < -0.3 is 15.0 Å². The lowest BCUT2D eigenvalue weighted by atomic mass is 9.99. The summed E-state index contributed by atoms with van der Waals surface area (Å²) in [5, 5.41) is 10.8. The average molecular weight is 611 g/mol. The lowest BCUT2D eigenvalue weighted by molar-refractivity contribution is -0.140. The van der Waals surface area contributed by atoms with Crippen LogP contribution in [0.25, 0.3) is 0 Å². The molecule has 2 aromatic carbocycles. The smallest absolute Gasteiger partial charge is 0.240 e. The van der Waals surface area contributed by atoms with Crippen LogP contribution in [0.3, 0.4) is 0 Å². The SMILES string of the molecule is C=CCN(C(=O)Cc1ccc(S(=O)(=O)NC)cc1)C1CCN(O)CC1.O=C(C1CCCC1)N1CCC(c2ccccc2)C1. The fourth-order valence-corrected chi connectivity index (χ4v) is 7.06. The van der Waals surface area contributed by atoms with E-state index in [2.05, 4.69) is 46.5 Å². The average Bonchev–Trinajstić information content (AvgIpc) is 3.75. The molecule has 2 aliphatic heterocycles. The number of sulfonamides is 1. The Hall–Kier alpha value is -3.05. The maximum absolute atomic E-state index is 12.7. The minimum atomic E-state index is -3.48. The van der Waals surface area contributed by atoms with Crippen molar-refractivity contribution in [2.75, 3.05) is 39.8 Å². The Morgan fingerprint density at radius 1 is 0.977 bits per heavy atom. The molecule has 2 saturated heterocycles. The van der Waals surface area contributed by atoms with E-state index in [0.717, 1.165) is 50.8 Å². The second-order valence-corrected chi connectivity index (χ2v) is 13.6. The third kappa shape index (κ3) is 8.98. The van der Waals surface area contributed by atoms with Crippen molar-refractivity contribution < 1.29 is 23.2 Å². The molecule has 0 spiro atoms. The number of likely N-dealkylation sites (tertiary alicyclic amines) is 1. The highest BCUT2D eigenvalue weighted by Gasteiger charge is 2.32. The van der Waals surface area contributed by atoms with Gasteiger partial charge in [0.1, 0.15) is 0 Å². The van der Waals surface area contributed by atoms with Crippen molar-refractivity contribution in [1.29, 1.82) is 0 Å². The van der Waals surface area contributed by atoms with Crippen LogP contribution in [0.4, 0.5) is 0 Å². The Balaban J connectivity index is 0.000000206. The number of carbonyl (C=O) groups excluding carboxylic acids is 2. The van der Waals surface area contributed by atoms with E-state index in [1.807, 2.05) is 0 Å². The molecule has 2 aromatic rings. The first kappa shape index (κ1) is 32.9. The summed E-state index contributed by atoms with van der Waals surface area (Å²) in [6.45, 7) is 7.15. The fraction of sp³-hybridized carbons (Fsp3) is 0.515. The number of benzene rings is 2. The number of nitrogens with zero attached hydrogens (tertiary/aromatic N) is 3. The first-order valence-corrected chi connectivity index (χ1v) is 16.9. The van der Waals surface area contributed by atoms with Crippen molar-refractivity contribution in [3.8, 4) is 0 Å². The predicted molar refractivity (Wildman–Crippen MR) is 167 cm³/mol. The topological polar surface area (TPSA) is 110 Å².